The van der Waals surface area contributed by atoms with Crippen LogP contribution in [0.5, 0.6) is 0 Å². The quantitative estimate of drug-likeness (QED) is 0.717. The van der Waals surface area contributed by atoms with E-state index in [1.165, 1.54) is 12.1 Å². The molecule has 2 nitrogen and oxygen atoms in total. The van der Waals surface area contributed by atoms with Crippen molar-refractivity contribution in [1.82, 2.24) is 0 Å². The van der Waals surface area contributed by atoms with E-state index in [-0.39, 0.29) is 12.4 Å². The largest absolute Gasteiger partial charge is 0.302 e. The van der Waals surface area contributed by atoms with Gasteiger partial charge in [0.15, 0.2) is 0 Å². The first-order valence-corrected chi connectivity index (χ1v) is 4.71. The van der Waals surface area contributed by atoms with Crippen LogP contribution in [0.15, 0.2) is 18.2 Å². The summed E-state index contributed by atoms with van der Waals surface area (Å²) < 4.78 is 25.3. The second kappa shape index (κ2) is 3.70. The van der Waals surface area contributed by atoms with Crippen molar-refractivity contribution in [3.63, 3.8) is 0 Å². The molecule has 80 valence electrons. The number of halogens is 2. The molecule has 0 bridgehead atoms. The Bertz CT molecular complexity index is 392. The summed E-state index contributed by atoms with van der Waals surface area (Å²) in [6.07, 6.45) is 1.50. The Morgan fingerprint density at radius 2 is 2.33 bits per heavy atom. The Labute approximate surface area is 85.8 Å². The highest BCUT2D eigenvalue weighted by molar-refractivity contribution is 5.72. The van der Waals surface area contributed by atoms with Gasteiger partial charge in [0, 0.05) is 0 Å². The SMILES string of the molecule is O=CC1(COF)CCc2c(F)cccc21. The number of carbonyl (C=O) groups excluding carboxylic acids is 1. The van der Waals surface area contributed by atoms with Crippen LogP contribution in [0.4, 0.5) is 8.92 Å². The van der Waals surface area contributed by atoms with Crippen LogP contribution in [-0.4, -0.2) is 12.9 Å². The van der Waals surface area contributed by atoms with E-state index in [1.54, 1.807) is 6.07 Å². The number of carbonyl (C=O) groups is 1. The van der Waals surface area contributed by atoms with Gasteiger partial charge in [-0.2, -0.15) is 4.94 Å². The monoisotopic (exact) mass is 212 g/mol. The average molecular weight is 212 g/mol. The van der Waals surface area contributed by atoms with Crippen LogP contribution in [0.2, 0.25) is 0 Å². The van der Waals surface area contributed by atoms with E-state index in [0.29, 0.717) is 30.3 Å². The number of rotatable bonds is 3. The zero-order valence-electron chi connectivity index (χ0n) is 8.00. The minimum atomic E-state index is -1.01. The molecule has 0 aromatic heterocycles. The summed E-state index contributed by atoms with van der Waals surface area (Å²) in [5.41, 5.74) is 0.0448. The summed E-state index contributed by atoms with van der Waals surface area (Å²) in [5, 5.41) is 0. The molecule has 0 aliphatic heterocycles. The highest BCUT2D eigenvalue weighted by Gasteiger charge is 2.40. The molecule has 0 fully saturated rings. The fourth-order valence-electron chi connectivity index (χ4n) is 2.17. The smallest absolute Gasteiger partial charge is 0.133 e. The summed E-state index contributed by atoms with van der Waals surface area (Å²) >= 11 is 0. The number of benzene rings is 1. The van der Waals surface area contributed by atoms with Gasteiger partial charge in [0.05, 0.1) is 5.41 Å². The molecule has 0 saturated heterocycles. The molecule has 1 aromatic carbocycles. The molecule has 0 spiro atoms. The fraction of sp³-hybridized carbons (Fsp3) is 0.364. The van der Waals surface area contributed by atoms with Crippen molar-refractivity contribution in [1.29, 1.82) is 0 Å². The minimum Gasteiger partial charge on any atom is -0.302 e. The molecule has 1 aliphatic rings. The lowest BCUT2D eigenvalue weighted by Crippen LogP contribution is -2.30. The van der Waals surface area contributed by atoms with Gasteiger partial charge in [-0.25, -0.2) is 4.39 Å². The van der Waals surface area contributed by atoms with E-state index in [0.717, 1.165) is 0 Å². The van der Waals surface area contributed by atoms with Crippen molar-refractivity contribution in [2.75, 3.05) is 6.61 Å². The van der Waals surface area contributed by atoms with Gasteiger partial charge in [-0.15, -0.1) is 0 Å². The lowest BCUT2D eigenvalue weighted by molar-refractivity contribution is -0.154. The Morgan fingerprint density at radius 1 is 1.53 bits per heavy atom. The van der Waals surface area contributed by atoms with Crippen LogP contribution < -0.4 is 0 Å². The molecule has 0 heterocycles. The first kappa shape index (κ1) is 10.2. The van der Waals surface area contributed by atoms with E-state index < -0.39 is 5.41 Å². The lowest BCUT2D eigenvalue weighted by atomic mass is 9.84. The second-order valence-corrected chi connectivity index (χ2v) is 3.79. The molecular formula is C11H10F2O2. The number of hydrogen-bond acceptors (Lipinski definition) is 2. The summed E-state index contributed by atoms with van der Waals surface area (Å²) in [5.74, 6) is -0.338. The van der Waals surface area contributed by atoms with E-state index in [1.807, 2.05) is 0 Å². The second-order valence-electron chi connectivity index (χ2n) is 3.79. The number of hydrogen-bond donors (Lipinski definition) is 0. The van der Waals surface area contributed by atoms with Crippen LogP contribution >= 0.6 is 0 Å². The van der Waals surface area contributed by atoms with Gasteiger partial charge in [0.2, 0.25) is 0 Å². The summed E-state index contributed by atoms with van der Waals surface area (Å²) in [6.45, 7) is -0.340. The van der Waals surface area contributed by atoms with Gasteiger partial charge in [-0.05, 0) is 34.6 Å². The molecule has 15 heavy (non-hydrogen) atoms. The van der Waals surface area contributed by atoms with Crippen LogP contribution in [0.3, 0.4) is 0 Å². The van der Waals surface area contributed by atoms with Crippen molar-refractivity contribution in [2.45, 2.75) is 18.3 Å². The summed E-state index contributed by atoms with van der Waals surface area (Å²) in [7, 11) is 0. The van der Waals surface area contributed by atoms with Crippen LogP contribution in [0.25, 0.3) is 0 Å². The molecular weight excluding hydrogens is 202 g/mol. The highest BCUT2D eigenvalue weighted by atomic mass is 19.3. The van der Waals surface area contributed by atoms with Crippen molar-refractivity contribution in [3.05, 3.63) is 35.1 Å². The van der Waals surface area contributed by atoms with Gasteiger partial charge < -0.3 is 4.79 Å². The molecule has 1 unspecified atom stereocenters. The molecule has 1 atom stereocenters. The van der Waals surface area contributed by atoms with Crippen LogP contribution in [0, 0.1) is 5.82 Å². The third-order valence-corrected chi connectivity index (χ3v) is 3.01. The Morgan fingerprint density at radius 3 is 3.00 bits per heavy atom. The van der Waals surface area contributed by atoms with E-state index in [9.17, 15) is 13.7 Å². The molecule has 0 N–H and O–H groups in total. The van der Waals surface area contributed by atoms with E-state index >= 15 is 0 Å². The van der Waals surface area contributed by atoms with Crippen LogP contribution in [-0.2, 0) is 21.6 Å². The molecule has 0 radical (unpaired) electrons. The van der Waals surface area contributed by atoms with Gasteiger partial charge in [0.1, 0.15) is 18.7 Å². The predicted molar refractivity (Wildman–Crippen MR) is 49.5 cm³/mol. The lowest BCUT2D eigenvalue weighted by Gasteiger charge is -2.20. The van der Waals surface area contributed by atoms with Gasteiger partial charge in [-0.3, -0.25) is 0 Å². The first-order chi connectivity index (χ1) is 7.23. The third-order valence-electron chi connectivity index (χ3n) is 3.01. The maximum Gasteiger partial charge on any atom is 0.133 e. The number of fused-ring (bicyclic) bond motifs is 1. The van der Waals surface area contributed by atoms with Gasteiger partial charge in [0.25, 0.3) is 0 Å². The molecule has 1 aromatic rings. The zero-order valence-corrected chi connectivity index (χ0v) is 8.00. The highest BCUT2D eigenvalue weighted by Crippen LogP contribution is 2.38. The molecule has 2 rings (SSSR count). The standard InChI is InChI=1S/C11H10F2O2/c12-10-3-1-2-9-8(10)4-5-11(9,6-14)7-15-13/h1-3,6H,4-5,7H2. The molecule has 4 heteroatoms. The van der Waals surface area contributed by atoms with Crippen molar-refractivity contribution in [3.8, 4) is 0 Å². The normalized spacial score (nSPS) is 23.9. The number of aldehydes is 1. The molecule has 0 amide bonds. The molecule has 0 saturated carbocycles. The van der Waals surface area contributed by atoms with Crippen molar-refractivity contribution in [2.24, 2.45) is 0 Å². The van der Waals surface area contributed by atoms with Gasteiger partial charge in [-0.1, -0.05) is 12.1 Å². The topological polar surface area (TPSA) is 26.3 Å². The van der Waals surface area contributed by atoms with Crippen molar-refractivity contribution >= 4 is 6.29 Å². The van der Waals surface area contributed by atoms with E-state index in [2.05, 4.69) is 4.94 Å². The Hall–Kier alpha value is -1.29. The Kier molecular flexibility index (Phi) is 2.52. The first-order valence-electron chi connectivity index (χ1n) is 4.71. The average Bonchev–Trinajstić information content (AvgIpc) is 2.61. The maximum absolute atomic E-state index is 13.4. The van der Waals surface area contributed by atoms with E-state index in [4.69, 9.17) is 0 Å². The molecule has 1 aliphatic carbocycles. The Balaban J connectivity index is 2.50. The maximum atomic E-state index is 13.4. The predicted octanol–water partition coefficient (Wildman–Crippen LogP) is 2.11. The van der Waals surface area contributed by atoms with Gasteiger partial charge >= 0.3 is 0 Å². The third kappa shape index (κ3) is 1.45. The summed E-state index contributed by atoms with van der Waals surface area (Å²) in [6, 6.07) is 4.52. The van der Waals surface area contributed by atoms with Crippen molar-refractivity contribution < 1.29 is 18.7 Å². The fourth-order valence-corrected chi connectivity index (χ4v) is 2.17. The zero-order chi connectivity index (χ0) is 10.9. The minimum absolute atomic E-state index is 0.338. The summed E-state index contributed by atoms with van der Waals surface area (Å²) in [4.78, 5) is 14.6. The van der Waals surface area contributed by atoms with Crippen LogP contribution in [0.1, 0.15) is 17.5 Å².